The van der Waals surface area contributed by atoms with Gasteiger partial charge < -0.3 is 16.4 Å². The maximum absolute atomic E-state index is 12.2. The first kappa shape index (κ1) is 14.5. The number of hydrogen-bond donors (Lipinski definition) is 3. The Kier molecular flexibility index (Phi) is 4.09. The molecule has 1 atom stereocenters. The van der Waals surface area contributed by atoms with Crippen LogP contribution >= 0.6 is 0 Å². The van der Waals surface area contributed by atoms with Crippen molar-refractivity contribution in [1.82, 2.24) is 5.32 Å². The van der Waals surface area contributed by atoms with Gasteiger partial charge in [0.15, 0.2) is 0 Å². The molecule has 0 heterocycles. The molecule has 20 heavy (non-hydrogen) atoms. The summed E-state index contributed by atoms with van der Waals surface area (Å²) in [4.78, 5) is 24.2. The Bertz CT molecular complexity index is 524. The maximum atomic E-state index is 12.2. The van der Waals surface area contributed by atoms with E-state index in [1.165, 1.54) is 0 Å². The van der Waals surface area contributed by atoms with E-state index in [9.17, 15) is 9.59 Å². The predicted octanol–water partition coefficient (Wildman–Crippen LogP) is 1.64. The van der Waals surface area contributed by atoms with Gasteiger partial charge in [0.2, 0.25) is 5.91 Å². The van der Waals surface area contributed by atoms with Crippen LogP contribution in [0.3, 0.4) is 0 Å². The molecule has 5 nitrogen and oxygen atoms in total. The molecular weight excluding hydrogens is 254 g/mol. The van der Waals surface area contributed by atoms with Gasteiger partial charge in [0.05, 0.1) is 16.8 Å². The van der Waals surface area contributed by atoms with Crippen LogP contribution in [0.5, 0.6) is 0 Å². The lowest BCUT2D eigenvalue weighted by Crippen LogP contribution is -2.38. The lowest BCUT2D eigenvalue weighted by molar-refractivity contribution is -0.118. The molecule has 1 unspecified atom stereocenters. The number of amides is 2. The smallest absolute Gasteiger partial charge is 0.253 e. The molecule has 1 aromatic rings. The number of rotatable bonds is 5. The minimum absolute atomic E-state index is 0.0931. The third kappa shape index (κ3) is 3.17. The van der Waals surface area contributed by atoms with Gasteiger partial charge >= 0.3 is 0 Å². The predicted molar refractivity (Wildman–Crippen MR) is 78.4 cm³/mol. The number of hydrogen-bond acceptors (Lipinski definition) is 3. The molecule has 1 aromatic carbocycles. The summed E-state index contributed by atoms with van der Waals surface area (Å²) < 4.78 is 0. The van der Waals surface area contributed by atoms with Crippen molar-refractivity contribution in [3.8, 4) is 0 Å². The van der Waals surface area contributed by atoms with Gasteiger partial charge in [-0.2, -0.15) is 0 Å². The van der Waals surface area contributed by atoms with Crippen LogP contribution in [0, 0.1) is 0 Å². The monoisotopic (exact) mass is 275 g/mol. The quantitative estimate of drug-likeness (QED) is 0.764. The van der Waals surface area contributed by atoms with Crippen LogP contribution in [0.1, 0.15) is 43.5 Å². The minimum Gasteiger partial charge on any atom is -0.350 e. The molecule has 0 radical (unpaired) electrons. The molecule has 0 aromatic heterocycles. The van der Waals surface area contributed by atoms with Crippen molar-refractivity contribution in [2.75, 3.05) is 5.32 Å². The fraction of sp³-hybridized carbons (Fsp3) is 0.467. The molecule has 0 bridgehead atoms. The largest absolute Gasteiger partial charge is 0.350 e. The molecule has 0 aliphatic heterocycles. The van der Waals surface area contributed by atoms with Gasteiger partial charge in [-0.15, -0.1) is 0 Å². The summed E-state index contributed by atoms with van der Waals surface area (Å²) in [6, 6.07) is 7.07. The Morgan fingerprint density at radius 3 is 2.60 bits per heavy atom. The zero-order chi connectivity index (χ0) is 14.8. The van der Waals surface area contributed by atoms with Gasteiger partial charge in [-0.1, -0.05) is 19.1 Å². The first-order valence-electron chi connectivity index (χ1n) is 6.96. The fourth-order valence-corrected chi connectivity index (χ4v) is 1.80. The molecule has 2 amide bonds. The van der Waals surface area contributed by atoms with E-state index in [1.54, 1.807) is 24.3 Å². The van der Waals surface area contributed by atoms with Gasteiger partial charge in [0.1, 0.15) is 0 Å². The van der Waals surface area contributed by atoms with Crippen molar-refractivity contribution in [2.45, 2.75) is 44.7 Å². The van der Waals surface area contributed by atoms with E-state index in [0.717, 1.165) is 6.42 Å². The molecule has 2 rings (SSSR count). The molecule has 1 fully saturated rings. The molecule has 1 saturated carbocycles. The Hall–Kier alpha value is -1.88. The van der Waals surface area contributed by atoms with Gasteiger partial charge in [-0.25, -0.2) is 0 Å². The highest BCUT2D eigenvalue weighted by atomic mass is 16.2. The Morgan fingerprint density at radius 1 is 1.35 bits per heavy atom. The van der Waals surface area contributed by atoms with Crippen LogP contribution in [0.25, 0.3) is 0 Å². The van der Waals surface area contributed by atoms with Crippen LogP contribution in [0.15, 0.2) is 24.3 Å². The average molecular weight is 275 g/mol. The van der Waals surface area contributed by atoms with E-state index >= 15 is 0 Å². The lowest BCUT2D eigenvalue weighted by atomic mass is 10.1. The van der Waals surface area contributed by atoms with Crippen molar-refractivity contribution in [1.29, 1.82) is 0 Å². The minimum atomic E-state index is -0.750. The van der Waals surface area contributed by atoms with Gasteiger partial charge in [-0.05, 0) is 38.3 Å². The fourth-order valence-electron chi connectivity index (χ4n) is 1.80. The van der Waals surface area contributed by atoms with Gasteiger partial charge in [0.25, 0.3) is 5.91 Å². The number of para-hydroxylation sites is 1. The topological polar surface area (TPSA) is 84.2 Å². The van der Waals surface area contributed by atoms with E-state index in [2.05, 4.69) is 10.6 Å². The third-order valence-corrected chi connectivity index (χ3v) is 3.65. The van der Waals surface area contributed by atoms with Crippen LogP contribution in [-0.4, -0.2) is 23.4 Å². The SMILES string of the molecule is CCC(C)NC(=O)c1ccccc1NC(=O)C1(N)CC1. The number of nitrogens with one attached hydrogen (secondary N) is 2. The Balaban J connectivity index is 2.13. The average Bonchev–Trinajstić information content (AvgIpc) is 3.18. The normalized spacial score (nSPS) is 17.1. The van der Waals surface area contributed by atoms with Crippen LogP contribution in [0.2, 0.25) is 0 Å². The van der Waals surface area contributed by atoms with Crippen LogP contribution < -0.4 is 16.4 Å². The number of benzene rings is 1. The van der Waals surface area contributed by atoms with Crippen LogP contribution in [-0.2, 0) is 4.79 Å². The summed E-state index contributed by atoms with van der Waals surface area (Å²) >= 11 is 0. The highest BCUT2D eigenvalue weighted by molar-refractivity contribution is 6.06. The van der Waals surface area contributed by atoms with Crippen molar-refractivity contribution in [3.05, 3.63) is 29.8 Å². The van der Waals surface area contributed by atoms with Gasteiger partial charge in [0, 0.05) is 6.04 Å². The van der Waals surface area contributed by atoms with Crippen LogP contribution in [0.4, 0.5) is 5.69 Å². The molecule has 4 N–H and O–H groups in total. The van der Waals surface area contributed by atoms with E-state index < -0.39 is 5.54 Å². The first-order valence-corrected chi connectivity index (χ1v) is 6.96. The number of anilines is 1. The third-order valence-electron chi connectivity index (χ3n) is 3.65. The van der Waals surface area contributed by atoms with Crippen molar-refractivity contribution in [3.63, 3.8) is 0 Å². The standard InChI is InChI=1S/C15H21N3O2/c1-3-10(2)17-13(19)11-6-4-5-7-12(11)18-14(20)15(16)8-9-15/h4-7,10H,3,8-9,16H2,1-2H3,(H,17,19)(H,18,20). The molecular formula is C15H21N3O2. The lowest BCUT2D eigenvalue weighted by Gasteiger charge is -2.16. The molecule has 108 valence electrons. The highest BCUT2D eigenvalue weighted by Gasteiger charge is 2.46. The molecule has 1 aliphatic carbocycles. The molecule has 5 heteroatoms. The maximum Gasteiger partial charge on any atom is 0.253 e. The zero-order valence-corrected chi connectivity index (χ0v) is 11.9. The molecule has 0 saturated heterocycles. The van der Waals surface area contributed by atoms with Crippen molar-refractivity contribution in [2.24, 2.45) is 5.73 Å². The summed E-state index contributed by atoms with van der Waals surface area (Å²) in [5, 5.41) is 5.65. The second-order valence-corrected chi connectivity index (χ2v) is 5.44. The Labute approximate surface area is 118 Å². The molecule has 0 spiro atoms. The summed E-state index contributed by atoms with van der Waals surface area (Å²) in [5.41, 5.74) is 6.08. The number of carbonyl (C=O) groups is 2. The Morgan fingerprint density at radius 2 is 2.00 bits per heavy atom. The molecule has 1 aliphatic rings. The highest BCUT2D eigenvalue weighted by Crippen LogP contribution is 2.33. The summed E-state index contributed by atoms with van der Waals surface area (Å²) in [5.74, 6) is -0.404. The van der Waals surface area contributed by atoms with Crippen molar-refractivity contribution < 1.29 is 9.59 Å². The second kappa shape index (κ2) is 5.63. The second-order valence-electron chi connectivity index (χ2n) is 5.44. The first-order chi connectivity index (χ1) is 9.46. The number of nitrogens with two attached hydrogens (primary N) is 1. The van der Waals surface area contributed by atoms with E-state index in [4.69, 9.17) is 5.73 Å². The number of carbonyl (C=O) groups excluding carboxylic acids is 2. The van der Waals surface area contributed by atoms with E-state index in [-0.39, 0.29) is 17.9 Å². The zero-order valence-electron chi connectivity index (χ0n) is 11.9. The summed E-state index contributed by atoms with van der Waals surface area (Å²) in [7, 11) is 0. The summed E-state index contributed by atoms with van der Waals surface area (Å²) in [6.07, 6.45) is 2.24. The van der Waals surface area contributed by atoms with E-state index in [0.29, 0.717) is 24.1 Å². The van der Waals surface area contributed by atoms with E-state index in [1.807, 2.05) is 13.8 Å². The summed E-state index contributed by atoms with van der Waals surface area (Å²) in [6.45, 7) is 3.95. The van der Waals surface area contributed by atoms with Crippen molar-refractivity contribution >= 4 is 17.5 Å². The van der Waals surface area contributed by atoms with Gasteiger partial charge in [-0.3, -0.25) is 9.59 Å².